The average Bonchev–Trinajstić information content (AvgIpc) is 2.39. The molecule has 0 aliphatic carbocycles. The van der Waals surface area contributed by atoms with E-state index in [-0.39, 0.29) is 0 Å². The van der Waals surface area contributed by atoms with Crippen molar-refractivity contribution < 1.29 is 0 Å². The highest BCUT2D eigenvalue weighted by Gasteiger charge is 2.04. The Morgan fingerprint density at radius 1 is 1.46 bits per heavy atom. The van der Waals surface area contributed by atoms with Crippen LogP contribution in [0.3, 0.4) is 0 Å². The van der Waals surface area contributed by atoms with Gasteiger partial charge in [-0.2, -0.15) is 11.8 Å². The number of nitrogens with zero attached hydrogens (tertiary/aromatic N) is 1. The van der Waals surface area contributed by atoms with Gasteiger partial charge >= 0.3 is 0 Å². The molecule has 74 valence electrons. The predicted molar refractivity (Wildman–Crippen MR) is 65.0 cm³/mol. The summed E-state index contributed by atoms with van der Waals surface area (Å²) in [6, 6.07) is 0. The van der Waals surface area contributed by atoms with Crippen LogP contribution in [0.25, 0.3) is 0 Å². The first-order valence-corrected chi connectivity index (χ1v) is 7.13. The third-order valence-electron chi connectivity index (χ3n) is 1.44. The fourth-order valence-corrected chi connectivity index (χ4v) is 3.72. The maximum Gasteiger partial charge on any atom is 0.181 e. The number of anilines is 1. The Labute approximate surface area is 91.7 Å². The van der Waals surface area contributed by atoms with Crippen molar-refractivity contribution in [3.8, 4) is 0 Å². The zero-order valence-corrected chi connectivity index (χ0v) is 10.3. The lowest BCUT2D eigenvalue weighted by Gasteiger charge is -1.97. The zero-order valence-electron chi connectivity index (χ0n) is 7.87. The van der Waals surface area contributed by atoms with E-state index in [1.54, 1.807) is 11.3 Å². The van der Waals surface area contributed by atoms with Crippen molar-refractivity contribution in [3.05, 3.63) is 5.69 Å². The number of rotatable bonds is 5. The van der Waals surface area contributed by atoms with Crippen molar-refractivity contribution in [1.82, 2.24) is 4.98 Å². The van der Waals surface area contributed by atoms with Crippen LogP contribution in [0.4, 0.5) is 5.13 Å². The topological polar surface area (TPSA) is 38.9 Å². The van der Waals surface area contributed by atoms with Gasteiger partial charge in [-0.3, -0.25) is 0 Å². The molecular weight excluding hydrogens is 220 g/mol. The van der Waals surface area contributed by atoms with Crippen LogP contribution in [0, 0.1) is 6.92 Å². The molecule has 0 saturated carbocycles. The third kappa shape index (κ3) is 3.79. The second-order valence-electron chi connectivity index (χ2n) is 2.47. The minimum absolute atomic E-state index is 0.683. The standard InChI is InChI=1S/C8H14N2S3/c1-3-11-4-5-12-7-6(2)10-8(9)13-7/h3-5H2,1-2H3,(H2,9,10). The summed E-state index contributed by atoms with van der Waals surface area (Å²) in [5, 5.41) is 0.683. The van der Waals surface area contributed by atoms with Crippen molar-refractivity contribution in [2.75, 3.05) is 23.0 Å². The summed E-state index contributed by atoms with van der Waals surface area (Å²) in [6.07, 6.45) is 0. The maximum atomic E-state index is 5.60. The van der Waals surface area contributed by atoms with Gasteiger partial charge in [-0.15, -0.1) is 11.8 Å². The maximum absolute atomic E-state index is 5.60. The van der Waals surface area contributed by atoms with E-state index in [1.807, 2.05) is 30.4 Å². The average molecular weight is 234 g/mol. The molecule has 0 aliphatic rings. The molecule has 0 aliphatic heterocycles. The molecule has 0 unspecified atom stereocenters. The number of thioether (sulfide) groups is 2. The van der Waals surface area contributed by atoms with Crippen LogP contribution in [-0.2, 0) is 0 Å². The van der Waals surface area contributed by atoms with Gasteiger partial charge < -0.3 is 5.73 Å². The number of nitrogens with two attached hydrogens (primary N) is 1. The van der Waals surface area contributed by atoms with Crippen LogP contribution < -0.4 is 5.73 Å². The number of hydrogen-bond acceptors (Lipinski definition) is 5. The van der Waals surface area contributed by atoms with Crippen molar-refractivity contribution in [2.24, 2.45) is 0 Å². The molecule has 0 aromatic carbocycles. The Bertz CT molecular complexity index is 260. The number of aryl methyl sites for hydroxylation is 1. The predicted octanol–water partition coefficient (Wildman–Crippen LogP) is 2.88. The SMILES string of the molecule is CCSCCSc1sc(N)nc1C. The molecular formula is C8H14N2S3. The van der Waals surface area contributed by atoms with Crippen LogP contribution >= 0.6 is 34.9 Å². The normalized spacial score (nSPS) is 10.6. The molecule has 1 aromatic rings. The molecule has 13 heavy (non-hydrogen) atoms. The highest BCUT2D eigenvalue weighted by atomic mass is 32.2. The molecule has 0 spiro atoms. The molecule has 0 amide bonds. The van der Waals surface area contributed by atoms with Crippen LogP contribution in [0.5, 0.6) is 0 Å². The highest BCUT2D eigenvalue weighted by Crippen LogP contribution is 2.30. The van der Waals surface area contributed by atoms with Gasteiger partial charge in [0.15, 0.2) is 5.13 Å². The van der Waals surface area contributed by atoms with Crippen molar-refractivity contribution in [2.45, 2.75) is 18.1 Å². The largest absolute Gasteiger partial charge is 0.375 e. The van der Waals surface area contributed by atoms with Crippen LogP contribution in [0.2, 0.25) is 0 Å². The Morgan fingerprint density at radius 3 is 2.77 bits per heavy atom. The fourth-order valence-electron chi connectivity index (χ4n) is 0.874. The van der Waals surface area contributed by atoms with Gasteiger partial charge in [0, 0.05) is 11.5 Å². The second-order valence-corrected chi connectivity index (χ2v) is 6.26. The van der Waals surface area contributed by atoms with E-state index in [2.05, 4.69) is 11.9 Å². The van der Waals surface area contributed by atoms with Gasteiger partial charge in [0.25, 0.3) is 0 Å². The first kappa shape index (κ1) is 11.2. The van der Waals surface area contributed by atoms with E-state index in [1.165, 1.54) is 15.7 Å². The Morgan fingerprint density at radius 2 is 2.23 bits per heavy atom. The summed E-state index contributed by atoms with van der Waals surface area (Å²) >= 11 is 5.43. The Kier molecular flexibility index (Phi) is 4.98. The summed E-state index contributed by atoms with van der Waals surface area (Å²) in [5.74, 6) is 3.56. The number of hydrogen-bond donors (Lipinski definition) is 1. The lowest BCUT2D eigenvalue weighted by atomic mass is 10.6. The van der Waals surface area contributed by atoms with E-state index in [4.69, 9.17) is 5.73 Å². The molecule has 0 fully saturated rings. The molecule has 0 saturated heterocycles. The van der Waals surface area contributed by atoms with Gasteiger partial charge in [0.2, 0.25) is 0 Å². The highest BCUT2D eigenvalue weighted by molar-refractivity contribution is 8.03. The summed E-state index contributed by atoms with van der Waals surface area (Å²) in [6.45, 7) is 4.20. The smallest absolute Gasteiger partial charge is 0.181 e. The number of aromatic nitrogens is 1. The van der Waals surface area contributed by atoms with Crippen molar-refractivity contribution in [3.63, 3.8) is 0 Å². The van der Waals surface area contributed by atoms with Crippen molar-refractivity contribution in [1.29, 1.82) is 0 Å². The third-order valence-corrected chi connectivity index (χ3v) is 4.95. The molecule has 1 aromatic heterocycles. The lowest BCUT2D eigenvalue weighted by Crippen LogP contribution is -1.84. The second kappa shape index (κ2) is 5.78. The van der Waals surface area contributed by atoms with E-state index < -0.39 is 0 Å². The van der Waals surface area contributed by atoms with Crippen molar-refractivity contribution >= 4 is 40.0 Å². The van der Waals surface area contributed by atoms with Crippen LogP contribution in [-0.4, -0.2) is 22.2 Å². The molecule has 0 radical (unpaired) electrons. The number of thiazole rings is 1. The van der Waals surface area contributed by atoms with Gasteiger partial charge in [-0.05, 0) is 12.7 Å². The summed E-state index contributed by atoms with van der Waals surface area (Å²) in [5.41, 5.74) is 6.68. The molecule has 1 heterocycles. The Hall–Kier alpha value is 0.130. The molecule has 0 atom stereocenters. The lowest BCUT2D eigenvalue weighted by molar-refractivity contribution is 1.21. The summed E-state index contributed by atoms with van der Waals surface area (Å²) in [4.78, 5) is 4.18. The monoisotopic (exact) mass is 234 g/mol. The van der Waals surface area contributed by atoms with E-state index >= 15 is 0 Å². The molecule has 2 nitrogen and oxygen atoms in total. The first-order valence-electron chi connectivity index (χ1n) is 4.17. The minimum atomic E-state index is 0.683. The van der Waals surface area contributed by atoms with E-state index in [0.29, 0.717) is 5.13 Å². The van der Waals surface area contributed by atoms with Gasteiger partial charge in [-0.1, -0.05) is 18.3 Å². The summed E-state index contributed by atoms with van der Waals surface area (Å²) in [7, 11) is 0. The fraction of sp³-hybridized carbons (Fsp3) is 0.625. The zero-order chi connectivity index (χ0) is 9.68. The van der Waals surface area contributed by atoms with E-state index in [0.717, 1.165) is 11.4 Å². The van der Waals surface area contributed by atoms with E-state index in [9.17, 15) is 0 Å². The summed E-state index contributed by atoms with van der Waals surface area (Å²) < 4.78 is 1.27. The molecule has 0 bridgehead atoms. The Balaban J connectivity index is 2.32. The quantitative estimate of drug-likeness (QED) is 0.628. The van der Waals surface area contributed by atoms with Crippen LogP contribution in [0.1, 0.15) is 12.6 Å². The first-order chi connectivity index (χ1) is 6.24. The van der Waals surface area contributed by atoms with Gasteiger partial charge in [-0.25, -0.2) is 4.98 Å². The number of nitrogen functional groups attached to an aromatic ring is 1. The molecule has 5 heteroatoms. The molecule has 1 rings (SSSR count). The molecule has 2 N–H and O–H groups in total. The van der Waals surface area contributed by atoms with Gasteiger partial charge in [0.05, 0.1) is 9.90 Å². The van der Waals surface area contributed by atoms with Crippen LogP contribution in [0.15, 0.2) is 4.21 Å². The minimum Gasteiger partial charge on any atom is -0.375 e. The van der Waals surface area contributed by atoms with Gasteiger partial charge in [0.1, 0.15) is 0 Å².